The fourth-order valence-electron chi connectivity index (χ4n) is 5.83. The lowest BCUT2D eigenvalue weighted by molar-refractivity contribution is 0.0547. The molecule has 5 aromatic rings. The lowest BCUT2D eigenvalue weighted by Gasteiger charge is -2.34. The Morgan fingerprint density at radius 2 is 1.92 bits per heavy atom. The highest BCUT2D eigenvalue weighted by Gasteiger charge is 2.35. The number of pyridine rings is 1. The summed E-state index contributed by atoms with van der Waals surface area (Å²) in [7, 11) is 1.91. The van der Waals surface area contributed by atoms with Gasteiger partial charge in [-0.25, -0.2) is 4.68 Å². The molecular weight excluding hydrogens is 484 g/mol. The number of hydrogen-bond acceptors (Lipinski definition) is 7. The summed E-state index contributed by atoms with van der Waals surface area (Å²) in [6.45, 7) is 9.27. The van der Waals surface area contributed by atoms with Crippen LogP contribution in [0.4, 0.5) is 0 Å². The van der Waals surface area contributed by atoms with Gasteiger partial charge in [0.05, 0.1) is 33.2 Å². The van der Waals surface area contributed by atoms with Crippen LogP contribution in [0, 0.1) is 19.8 Å². The highest BCUT2D eigenvalue weighted by Crippen LogP contribution is 2.45. The van der Waals surface area contributed by atoms with Crippen LogP contribution in [-0.2, 0) is 17.4 Å². The third-order valence-electron chi connectivity index (χ3n) is 7.60. The van der Waals surface area contributed by atoms with E-state index in [1.807, 2.05) is 34.0 Å². The Labute approximate surface area is 220 Å². The van der Waals surface area contributed by atoms with Crippen LogP contribution in [0.5, 0.6) is 0 Å². The standard InChI is InChI=1S/C28H32N6O2S/c1-16-8-6-7-9-20(16)24(18-10-12-36-13-11-18)34-21-14-19(23-17(2)30-32-33(23)5)15-29-22(21)26-25(34)27(31-37-26)28(3,4)35/h6-9,14-15,18,24,35H,10-13H2,1-5H3. The lowest BCUT2D eigenvalue weighted by Crippen LogP contribution is -2.28. The van der Waals surface area contributed by atoms with Crippen molar-refractivity contribution < 1.29 is 9.84 Å². The van der Waals surface area contributed by atoms with Crippen molar-refractivity contribution in [3.63, 3.8) is 0 Å². The first-order chi connectivity index (χ1) is 17.8. The van der Waals surface area contributed by atoms with Crippen LogP contribution >= 0.6 is 11.5 Å². The van der Waals surface area contributed by atoms with E-state index in [0.29, 0.717) is 11.6 Å². The molecule has 6 rings (SSSR count). The normalized spacial score (nSPS) is 16.2. The lowest BCUT2D eigenvalue weighted by atomic mass is 9.84. The molecule has 0 saturated carbocycles. The molecule has 1 aliphatic rings. The van der Waals surface area contributed by atoms with Gasteiger partial charge in [-0.3, -0.25) is 4.98 Å². The highest BCUT2D eigenvalue weighted by atomic mass is 32.1. The highest BCUT2D eigenvalue weighted by molar-refractivity contribution is 7.14. The number of aliphatic hydroxyl groups is 1. The van der Waals surface area contributed by atoms with E-state index >= 15 is 0 Å². The number of aromatic nitrogens is 6. The van der Waals surface area contributed by atoms with Crippen molar-refractivity contribution in [2.24, 2.45) is 13.0 Å². The van der Waals surface area contributed by atoms with Crippen molar-refractivity contribution >= 4 is 32.8 Å². The summed E-state index contributed by atoms with van der Waals surface area (Å²) in [5, 5.41) is 19.7. The van der Waals surface area contributed by atoms with Gasteiger partial charge in [0.25, 0.3) is 0 Å². The summed E-state index contributed by atoms with van der Waals surface area (Å²) in [4.78, 5) is 4.98. The number of fused-ring (bicyclic) bond motifs is 3. The molecule has 9 heteroatoms. The summed E-state index contributed by atoms with van der Waals surface area (Å²) in [5.41, 5.74) is 7.82. The SMILES string of the molecule is Cc1ccccc1C(C1CCOCC1)n1c2cc(-c3c(C)nnn3C)cnc2c2snc(C(C)(C)O)c21. The number of benzene rings is 1. The van der Waals surface area contributed by atoms with E-state index in [9.17, 15) is 5.11 Å². The van der Waals surface area contributed by atoms with Gasteiger partial charge >= 0.3 is 0 Å². The van der Waals surface area contributed by atoms with Crippen LogP contribution in [0.15, 0.2) is 36.5 Å². The summed E-state index contributed by atoms with van der Waals surface area (Å²) in [6, 6.07) is 10.9. The van der Waals surface area contributed by atoms with E-state index in [2.05, 4.69) is 52.1 Å². The number of ether oxygens (including phenoxy) is 1. The Bertz CT molecular complexity index is 1580. The van der Waals surface area contributed by atoms with Gasteiger partial charge in [0.15, 0.2) is 0 Å². The molecule has 1 saturated heterocycles. The van der Waals surface area contributed by atoms with E-state index in [4.69, 9.17) is 14.1 Å². The fraction of sp³-hybridized carbons (Fsp3) is 0.429. The molecule has 192 valence electrons. The van der Waals surface area contributed by atoms with Crippen LogP contribution < -0.4 is 0 Å². The second-order valence-electron chi connectivity index (χ2n) is 10.6. The first-order valence-corrected chi connectivity index (χ1v) is 13.5. The zero-order valence-electron chi connectivity index (χ0n) is 21.9. The first-order valence-electron chi connectivity index (χ1n) is 12.8. The quantitative estimate of drug-likeness (QED) is 0.341. The molecule has 1 atom stereocenters. The Morgan fingerprint density at radius 3 is 2.59 bits per heavy atom. The van der Waals surface area contributed by atoms with Gasteiger partial charge in [-0.1, -0.05) is 29.5 Å². The zero-order chi connectivity index (χ0) is 25.9. The molecule has 4 aromatic heterocycles. The summed E-state index contributed by atoms with van der Waals surface area (Å²) >= 11 is 1.42. The van der Waals surface area contributed by atoms with Gasteiger partial charge in [-0.05, 0) is 75.2 Å². The predicted octanol–water partition coefficient (Wildman–Crippen LogP) is 5.30. The second kappa shape index (κ2) is 9.01. The molecule has 1 aliphatic heterocycles. The topological polar surface area (TPSA) is 90.9 Å². The van der Waals surface area contributed by atoms with Crippen molar-refractivity contribution in [3.05, 3.63) is 59.0 Å². The predicted molar refractivity (Wildman–Crippen MR) is 146 cm³/mol. The molecule has 0 bridgehead atoms. The molecule has 1 aromatic carbocycles. The van der Waals surface area contributed by atoms with Crippen LogP contribution in [-0.4, -0.2) is 47.2 Å². The maximum Gasteiger partial charge on any atom is 0.110 e. The molecule has 0 radical (unpaired) electrons. The Morgan fingerprint density at radius 1 is 1.16 bits per heavy atom. The van der Waals surface area contributed by atoms with Crippen molar-refractivity contribution in [3.8, 4) is 11.3 Å². The average Bonchev–Trinajstić information content (AvgIpc) is 3.54. The van der Waals surface area contributed by atoms with E-state index in [-0.39, 0.29) is 6.04 Å². The maximum absolute atomic E-state index is 11.2. The molecular formula is C28H32N6O2S. The maximum atomic E-state index is 11.2. The van der Waals surface area contributed by atoms with E-state index in [0.717, 1.165) is 64.3 Å². The summed E-state index contributed by atoms with van der Waals surface area (Å²) < 4.78 is 15.8. The molecule has 37 heavy (non-hydrogen) atoms. The molecule has 0 aliphatic carbocycles. The molecule has 1 fully saturated rings. The van der Waals surface area contributed by atoms with Gasteiger partial charge in [0.1, 0.15) is 16.8 Å². The molecule has 0 spiro atoms. The number of nitrogens with zero attached hydrogens (tertiary/aromatic N) is 6. The summed E-state index contributed by atoms with van der Waals surface area (Å²) in [6.07, 6.45) is 3.83. The Kier molecular flexibility index (Phi) is 5.89. The zero-order valence-corrected chi connectivity index (χ0v) is 22.7. The van der Waals surface area contributed by atoms with Gasteiger partial charge in [-0.2, -0.15) is 4.37 Å². The van der Waals surface area contributed by atoms with Crippen molar-refractivity contribution in [2.75, 3.05) is 13.2 Å². The minimum atomic E-state index is -1.10. The van der Waals surface area contributed by atoms with Gasteiger partial charge in [-0.15, -0.1) is 5.10 Å². The van der Waals surface area contributed by atoms with E-state index in [1.165, 1.54) is 22.7 Å². The van der Waals surface area contributed by atoms with Crippen LogP contribution in [0.2, 0.25) is 0 Å². The minimum absolute atomic E-state index is 0.0467. The molecule has 5 heterocycles. The molecule has 8 nitrogen and oxygen atoms in total. The van der Waals surface area contributed by atoms with Crippen LogP contribution in [0.1, 0.15) is 55.2 Å². The third-order valence-corrected chi connectivity index (χ3v) is 8.44. The van der Waals surface area contributed by atoms with E-state index < -0.39 is 5.60 Å². The molecule has 1 unspecified atom stereocenters. The van der Waals surface area contributed by atoms with Crippen molar-refractivity contribution in [1.82, 2.24) is 28.9 Å². The van der Waals surface area contributed by atoms with Crippen LogP contribution in [0.25, 0.3) is 32.5 Å². The average molecular weight is 517 g/mol. The monoisotopic (exact) mass is 516 g/mol. The first kappa shape index (κ1) is 24.2. The van der Waals surface area contributed by atoms with Gasteiger partial charge < -0.3 is 14.4 Å². The number of hydrogen-bond donors (Lipinski definition) is 1. The summed E-state index contributed by atoms with van der Waals surface area (Å²) in [5.74, 6) is 0.368. The minimum Gasteiger partial charge on any atom is -0.384 e. The van der Waals surface area contributed by atoms with E-state index in [1.54, 1.807) is 4.68 Å². The smallest absolute Gasteiger partial charge is 0.110 e. The third kappa shape index (κ3) is 3.96. The number of aryl methyl sites for hydroxylation is 3. The Hall–Kier alpha value is -3.14. The molecule has 1 N–H and O–H groups in total. The number of rotatable bonds is 5. The molecule has 0 amide bonds. The fourth-order valence-corrected chi connectivity index (χ4v) is 6.84. The van der Waals surface area contributed by atoms with Gasteiger partial charge in [0.2, 0.25) is 0 Å². The van der Waals surface area contributed by atoms with Gasteiger partial charge in [0, 0.05) is 32.0 Å². The van der Waals surface area contributed by atoms with Crippen LogP contribution in [0.3, 0.4) is 0 Å². The largest absolute Gasteiger partial charge is 0.384 e. The van der Waals surface area contributed by atoms with Crippen molar-refractivity contribution in [2.45, 2.75) is 52.2 Å². The van der Waals surface area contributed by atoms with Crippen molar-refractivity contribution in [1.29, 1.82) is 0 Å². The second-order valence-corrected chi connectivity index (χ2v) is 11.4. The Balaban J connectivity index is 1.72.